The number of aromatic nitrogens is 1. The number of nitrogens with one attached hydrogen (secondary N) is 1. The van der Waals surface area contributed by atoms with Crippen LogP contribution in [0.2, 0.25) is 0 Å². The first kappa shape index (κ1) is 6.61. The Morgan fingerprint density at radius 3 is 2.90 bits per heavy atom. The summed E-state index contributed by atoms with van der Waals surface area (Å²) in [4.78, 5) is 13.1. The molecule has 0 saturated carbocycles. The maximum Gasteiger partial charge on any atom is 0.337 e. The minimum Gasteiger partial charge on any atom is -0.478 e. The van der Waals surface area contributed by atoms with Gasteiger partial charge in [-0.15, -0.1) is 0 Å². The number of rotatable bonds is 2. The number of carboxylic acid groups (broad SMARTS) is 1. The summed E-state index contributed by atoms with van der Waals surface area (Å²) in [5.74, 6) is -0.934. The SMILES string of the molecule is C=Cc1[nH]ccc1C(=O)O. The fourth-order valence-electron chi connectivity index (χ4n) is 0.738. The van der Waals surface area contributed by atoms with Gasteiger partial charge in [0, 0.05) is 6.20 Å². The van der Waals surface area contributed by atoms with Gasteiger partial charge >= 0.3 is 5.97 Å². The van der Waals surface area contributed by atoms with E-state index >= 15 is 0 Å². The molecule has 0 radical (unpaired) electrons. The van der Waals surface area contributed by atoms with E-state index in [1.807, 2.05) is 0 Å². The van der Waals surface area contributed by atoms with E-state index in [9.17, 15) is 4.79 Å². The van der Waals surface area contributed by atoms with Crippen molar-refractivity contribution in [2.75, 3.05) is 0 Å². The maximum absolute atomic E-state index is 10.4. The topological polar surface area (TPSA) is 53.1 Å². The lowest BCUT2D eigenvalue weighted by Crippen LogP contribution is -1.95. The van der Waals surface area contributed by atoms with E-state index in [4.69, 9.17) is 5.11 Å². The van der Waals surface area contributed by atoms with E-state index in [2.05, 4.69) is 11.6 Å². The molecule has 0 atom stereocenters. The average Bonchev–Trinajstić information content (AvgIpc) is 2.33. The van der Waals surface area contributed by atoms with Crippen molar-refractivity contribution in [3.63, 3.8) is 0 Å². The highest BCUT2D eigenvalue weighted by Crippen LogP contribution is 2.06. The van der Waals surface area contributed by atoms with Crippen LogP contribution in [0.1, 0.15) is 16.1 Å². The minimum absolute atomic E-state index is 0.259. The molecule has 1 aromatic rings. The second-order valence-electron chi connectivity index (χ2n) is 1.81. The Hall–Kier alpha value is -1.51. The third-order valence-corrected chi connectivity index (χ3v) is 1.21. The third kappa shape index (κ3) is 0.932. The summed E-state index contributed by atoms with van der Waals surface area (Å²) in [5, 5.41) is 8.52. The van der Waals surface area contributed by atoms with Crippen LogP contribution in [0.5, 0.6) is 0 Å². The van der Waals surface area contributed by atoms with Gasteiger partial charge in [0.1, 0.15) is 0 Å². The lowest BCUT2D eigenvalue weighted by molar-refractivity contribution is 0.0697. The number of aromatic amines is 1. The zero-order valence-electron chi connectivity index (χ0n) is 5.29. The van der Waals surface area contributed by atoms with Gasteiger partial charge in [0.05, 0.1) is 11.3 Å². The molecule has 1 aromatic heterocycles. The van der Waals surface area contributed by atoms with Gasteiger partial charge in [0.2, 0.25) is 0 Å². The van der Waals surface area contributed by atoms with Crippen molar-refractivity contribution in [3.8, 4) is 0 Å². The van der Waals surface area contributed by atoms with Crippen molar-refractivity contribution in [3.05, 3.63) is 30.1 Å². The fourth-order valence-corrected chi connectivity index (χ4v) is 0.738. The van der Waals surface area contributed by atoms with E-state index in [0.717, 1.165) is 0 Å². The van der Waals surface area contributed by atoms with E-state index in [1.54, 1.807) is 6.20 Å². The summed E-state index contributed by atoms with van der Waals surface area (Å²) in [7, 11) is 0. The van der Waals surface area contributed by atoms with Crippen LogP contribution >= 0.6 is 0 Å². The molecule has 10 heavy (non-hydrogen) atoms. The highest BCUT2D eigenvalue weighted by molar-refractivity contribution is 5.91. The van der Waals surface area contributed by atoms with Gasteiger partial charge in [-0.05, 0) is 12.1 Å². The molecule has 1 heterocycles. The quantitative estimate of drug-likeness (QED) is 0.646. The lowest BCUT2D eigenvalue weighted by Gasteiger charge is -1.88. The van der Waals surface area contributed by atoms with Gasteiger partial charge in [-0.25, -0.2) is 4.79 Å². The molecule has 0 bridgehead atoms. The number of carbonyl (C=O) groups is 1. The van der Waals surface area contributed by atoms with Crippen LogP contribution in [0.4, 0.5) is 0 Å². The van der Waals surface area contributed by atoms with Crippen LogP contribution in [0.25, 0.3) is 6.08 Å². The van der Waals surface area contributed by atoms with Gasteiger partial charge in [-0.1, -0.05) is 6.58 Å². The molecule has 0 fully saturated rings. The summed E-state index contributed by atoms with van der Waals surface area (Å²) < 4.78 is 0. The molecule has 0 unspecified atom stereocenters. The summed E-state index contributed by atoms with van der Waals surface area (Å²) >= 11 is 0. The van der Waals surface area contributed by atoms with E-state index in [-0.39, 0.29) is 5.56 Å². The van der Waals surface area contributed by atoms with Crippen LogP contribution in [-0.4, -0.2) is 16.1 Å². The zero-order valence-corrected chi connectivity index (χ0v) is 5.29. The first-order chi connectivity index (χ1) is 4.75. The predicted molar refractivity (Wildman–Crippen MR) is 37.8 cm³/mol. The van der Waals surface area contributed by atoms with Gasteiger partial charge in [-0.2, -0.15) is 0 Å². The van der Waals surface area contributed by atoms with Gasteiger partial charge < -0.3 is 10.1 Å². The monoisotopic (exact) mass is 137 g/mol. The van der Waals surface area contributed by atoms with E-state index in [1.165, 1.54) is 12.1 Å². The van der Waals surface area contributed by atoms with Crippen LogP contribution < -0.4 is 0 Å². The minimum atomic E-state index is -0.934. The van der Waals surface area contributed by atoms with Crippen LogP contribution in [0.3, 0.4) is 0 Å². The normalized spacial score (nSPS) is 9.20. The molecule has 2 N–H and O–H groups in total. The Labute approximate surface area is 58.0 Å². The average molecular weight is 137 g/mol. The van der Waals surface area contributed by atoms with Crippen molar-refractivity contribution >= 4 is 12.0 Å². The number of hydrogen-bond donors (Lipinski definition) is 2. The molecule has 0 aromatic carbocycles. The zero-order chi connectivity index (χ0) is 7.56. The molecule has 0 aliphatic carbocycles. The maximum atomic E-state index is 10.4. The van der Waals surface area contributed by atoms with Crippen LogP contribution in [0.15, 0.2) is 18.8 Å². The Bertz CT molecular complexity index is 262. The lowest BCUT2D eigenvalue weighted by atomic mass is 10.2. The molecule has 3 heteroatoms. The second kappa shape index (κ2) is 2.39. The highest BCUT2D eigenvalue weighted by Gasteiger charge is 2.06. The summed E-state index contributed by atoms with van der Waals surface area (Å²) in [6, 6.07) is 1.50. The first-order valence-electron chi connectivity index (χ1n) is 2.79. The van der Waals surface area contributed by atoms with Crippen molar-refractivity contribution in [2.45, 2.75) is 0 Å². The molecule has 0 spiro atoms. The van der Waals surface area contributed by atoms with E-state index < -0.39 is 5.97 Å². The van der Waals surface area contributed by atoms with Gasteiger partial charge in [-0.3, -0.25) is 0 Å². The Balaban J connectivity index is 3.13. The molecule has 1 rings (SSSR count). The Morgan fingerprint density at radius 1 is 1.80 bits per heavy atom. The highest BCUT2D eigenvalue weighted by atomic mass is 16.4. The second-order valence-corrected chi connectivity index (χ2v) is 1.81. The van der Waals surface area contributed by atoms with Crippen molar-refractivity contribution in [2.24, 2.45) is 0 Å². The largest absolute Gasteiger partial charge is 0.478 e. The van der Waals surface area contributed by atoms with Crippen molar-refractivity contribution in [1.82, 2.24) is 4.98 Å². The van der Waals surface area contributed by atoms with Gasteiger partial charge in [0.25, 0.3) is 0 Å². The smallest absolute Gasteiger partial charge is 0.337 e. The van der Waals surface area contributed by atoms with Crippen molar-refractivity contribution < 1.29 is 9.90 Å². The molecule has 0 aliphatic rings. The third-order valence-electron chi connectivity index (χ3n) is 1.21. The summed E-state index contributed by atoms with van der Waals surface area (Å²) in [6.07, 6.45) is 3.05. The van der Waals surface area contributed by atoms with E-state index in [0.29, 0.717) is 5.69 Å². The van der Waals surface area contributed by atoms with Crippen LogP contribution in [0, 0.1) is 0 Å². The molecular weight excluding hydrogens is 130 g/mol. The Morgan fingerprint density at radius 2 is 2.50 bits per heavy atom. The fraction of sp³-hybridized carbons (Fsp3) is 0. The number of hydrogen-bond acceptors (Lipinski definition) is 1. The molecular formula is C7H7NO2. The standard InChI is InChI=1S/C7H7NO2/c1-2-6-5(7(9)10)3-4-8-6/h2-4,8H,1H2,(H,9,10). The van der Waals surface area contributed by atoms with Crippen molar-refractivity contribution in [1.29, 1.82) is 0 Å². The summed E-state index contributed by atoms with van der Waals surface area (Å²) in [5.41, 5.74) is 0.808. The molecule has 52 valence electrons. The Kier molecular flexibility index (Phi) is 1.58. The molecule has 3 nitrogen and oxygen atoms in total. The summed E-state index contributed by atoms with van der Waals surface area (Å²) in [6.45, 7) is 3.45. The number of H-pyrrole nitrogens is 1. The predicted octanol–water partition coefficient (Wildman–Crippen LogP) is 1.36. The molecule has 0 amide bonds. The molecule has 0 saturated heterocycles. The van der Waals surface area contributed by atoms with Crippen LogP contribution in [-0.2, 0) is 0 Å². The number of aromatic carboxylic acids is 1. The van der Waals surface area contributed by atoms with Gasteiger partial charge in [0.15, 0.2) is 0 Å². The number of carboxylic acids is 1. The first-order valence-corrected chi connectivity index (χ1v) is 2.79. The molecule has 0 aliphatic heterocycles.